The van der Waals surface area contributed by atoms with Gasteiger partial charge in [0, 0.05) is 43.5 Å². The van der Waals surface area contributed by atoms with Crippen LogP contribution in [0.3, 0.4) is 0 Å². The molecular formula is C24H28N8O. The van der Waals surface area contributed by atoms with Crippen molar-refractivity contribution in [3.8, 4) is 0 Å². The topological polar surface area (TPSA) is 97.1 Å². The summed E-state index contributed by atoms with van der Waals surface area (Å²) in [6, 6.07) is 9.77. The molecule has 0 bridgehead atoms. The first-order valence-electron chi connectivity index (χ1n) is 11.7. The third-order valence-electron chi connectivity index (χ3n) is 6.89. The molecule has 9 nitrogen and oxygen atoms in total. The molecule has 2 atom stereocenters. The van der Waals surface area contributed by atoms with Crippen LogP contribution in [0.1, 0.15) is 53.5 Å². The molecule has 0 saturated carbocycles. The lowest BCUT2D eigenvalue weighted by molar-refractivity contribution is 0.0596. The zero-order valence-electron chi connectivity index (χ0n) is 18.8. The highest BCUT2D eigenvalue weighted by Gasteiger charge is 2.32. The number of aryl methyl sites for hydroxylation is 1. The Morgan fingerprint density at radius 2 is 2.06 bits per heavy atom. The summed E-state index contributed by atoms with van der Waals surface area (Å²) in [5.74, 6) is 0.964. The maximum absolute atomic E-state index is 13.6. The van der Waals surface area contributed by atoms with Crippen LogP contribution in [0.25, 0.3) is 11.2 Å². The molecule has 4 aromatic heterocycles. The van der Waals surface area contributed by atoms with Crippen LogP contribution in [-0.4, -0.2) is 60.7 Å². The van der Waals surface area contributed by atoms with Crippen molar-refractivity contribution in [2.75, 3.05) is 24.5 Å². The van der Waals surface area contributed by atoms with E-state index in [2.05, 4.69) is 16.9 Å². The van der Waals surface area contributed by atoms with E-state index in [4.69, 9.17) is 15.8 Å². The Morgan fingerprint density at radius 3 is 2.91 bits per heavy atom. The van der Waals surface area contributed by atoms with Gasteiger partial charge >= 0.3 is 0 Å². The van der Waals surface area contributed by atoms with Crippen molar-refractivity contribution < 1.29 is 4.79 Å². The molecule has 2 N–H and O–H groups in total. The van der Waals surface area contributed by atoms with Crippen LogP contribution in [0.15, 0.2) is 42.7 Å². The number of aromatic nitrogens is 5. The number of likely N-dealkylation sites (tertiary alicyclic amines) is 1. The SMILES string of the molecule is Cc1cn2nc([C@@H]3CCCCN3C(=O)c3cccc4ccnn34)cc2nc1N1CC[C@H](N)C1. The average Bonchev–Trinajstić information content (AvgIpc) is 3.57. The maximum Gasteiger partial charge on any atom is 0.273 e. The van der Waals surface area contributed by atoms with Crippen LogP contribution in [0.2, 0.25) is 0 Å². The molecule has 4 aromatic rings. The van der Waals surface area contributed by atoms with Crippen molar-refractivity contribution in [3.05, 3.63) is 59.7 Å². The number of pyridine rings is 1. The Morgan fingerprint density at radius 1 is 1.15 bits per heavy atom. The van der Waals surface area contributed by atoms with Crippen molar-refractivity contribution in [2.45, 2.75) is 44.7 Å². The summed E-state index contributed by atoms with van der Waals surface area (Å²) in [4.78, 5) is 22.8. The molecule has 0 spiro atoms. The monoisotopic (exact) mass is 444 g/mol. The second kappa shape index (κ2) is 7.84. The summed E-state index contributed by atoms with van der Waals surface area (Å²) in [5.41, 5.74) is 10.4. The Kier molecular flexibility index (Phi) is 4.79. The smallest absolute Gasteiger partial charge is 0.273 e. The lowest BCUT2D eigenvalue weighted by atomic mass is 9.99. The van der Waals surface area contributed by atoms with Gasteiger partial charge in [0.05, 0.1) is 23.4 Å². The Balaban J connectivity index is 1.35. The van der Waals surface area contributed by atoms with E-state index in [0.29, 0.717) is 12.2 Å². The number of amides is 1. The molecule has 2 aliphatic heterocycles. The third-order valence-corrected chi connectivity index (χ3v) is 6.89. The highest BCUT2D eigenvalue weighted by atomic mass is 16.2. The number of fused-ring (bicyclic) bond motifs is 2. The van der Waals surface area contributed by atoms with Gasteiger partial charge in [-0.05, 0) is 50.8 Å². The molecule has 6 heterocycles. The highest BCUT2D eigenvalue weighted by molar-refractivity contribution is 5.93. The van der Waals surface area contributed by atoms with Crippen LogP contribution in [-0.2, 0) is 0 Å². The van der Waals surface area contributed by atoms with E-state index >= 15 is 0 Å². The summed E-state index contributed by atoms with van der Waals surface area (Å²) in [6.07, 6.45) is 7.68. The van der Waals surface area contributed by atoms with E-state index < -0.39 is 0 Å². The number of anilines is 1. The standard InChI is InChI=1S/C24H28N8O/c1-16-14-31-22(27-23(16)29-12-9-17(25)15-29)13-19(28-31)20-6-2-3-11-30(20)24(33)21-7-4-5-18-8-10-26-32(18)21/h4-5,7-8,10,13-14,17,20H,2-3,6,9,11-12,15,25H2,1H3/t17-,20-/m0/s1. The zero-order chi connectivity index (χ0) is 22.5. The summed E-state index contributed by atoms with van der Waals surface area (Å²) >= 11 is 0. The van der Waals surface area contributed by atoms with Crippen molar-refractivity contribution in [1.29, 1.82) is 0 Å². The number of piperidine rings is 1. The van der Waals surface area contributed by atoms with Crippen LogP contribution in [0, 0.1) is 6.92 Å². The predicted molar refractivity (Wildman–Crippen MR) is 125 cm³/mol. The molecule has 9 heteroatoms. The number of hydrogen-bond donors (Lipinski definition) is 1. The molecule has 1 amide bonds. The molecule has 0 unspecified atom stereocenters. The average molecular weight is 445 g/mol. The molecule has 2 saturated heterocycles. The van der Waals surface area contributed by atoms with Gasteiger partial charge in [-0.1, -0.05) is 6.07 Å². The number of nitrogens with zero attached hydrogens (tertiary/aromatic N) is 7. The van der Waals surface area contributed by atoms with E-state index in [1.807, 2.05) is 45.9 Å². The molecule has 0 aliphatic carbocycles. The summed E-state index contributed by atoms with van der Waals surface area (Å²) < 4.78 is 3.56. The first-order chi connectivity index (χ1) is 16.1. The van der Waals surface area contributed by atoms with Crippen LogP contribution in [0.4, 0.5) is 5.82 Å². The number of carbonyl (C=O) groups is 1. The molecule has 2 fully saturated rings. The van der Waals surface area contributed by atoms with Gasteiger partial charge in [-0.3, -0.25) is 4.79 Å². The minimum absolute atomic E-state index is 0.0121. The summed E-state index contributed by atoms with van der Waals surface area (Å²) in [5, 5.41) is 9.21. The quantitative estimate of drug-likeness (QED) is 0.522. The summed E-state index contributed by atoms with van der Waals surface area (Å²) in [6.45, 7) is 4.53. The molecule has 2 aliphatic rings. The van der Waals surface area contributed by atoms with Crippen molar-refractivity contribution in [1.82, 2.24) is 29.1 Å². The van der Waals surface area contributed by atoms with Gasteiger partial charge in [0.2, 0.25) is 0 Å². The fraction of sp³-hybridized carbons (Fsp3) is 0.417. The van der Waals surface area contributed by atoms with E-state index in [1.54, 1.807) is 10.7 Å². The van der Waals surface area contributed by atoms with E-state index in [-0.39, 0.29) is 18.0 Å². The minimum atomic E-state index is -0.0808. The normalized spacial score (nSPS) is 21.4. The van der Waals surface area contributed by atoms with Gasteiger partial charge in [-0.15, -0.1) is 0 Å². The van der Waals surface area contributed by atoms with Crippen LogP contribution >= 0.6 is 0 Å². The Hall–Kier alpha value is -3.46. The van der Waals surface area contributed by atoms with Crippen LogP contribution < -0.4 is 10.6 Å². The lowest BCUT2D eigenvalue weighted by Crippen LogP contribution is -2.39. The molecular weight excluding hydrogens is 416 g/mol. The van der Waals surface area contributed by atoms with Crippen LogP contribution in [0.5, 0.6) is 0 Å². The van der Waals surface area contributed by atoms with Crippen molar-refractivity contribution in [2.24, 2.45) is 5.73 Å². The molecule has 6 rings (SSSR count). The molecule has 170 valence electrons. The van der Waals surface area contributed by atoms with Gasteiger partial charge in [-0.2, -0.15) is 10.2 Å². The number of rotatable bonds is 3. The summed E-state index contributed by atoms with van der Waals surface area (Å²) in [7, 11) is 0. The maximum atomic E-state index is 13.6. The second-order valence-electron chi connectivity index (χ2n) is 9.20. The van der Waals surface area contributed by atoms with E-state index in [1.165, 1.54) is 0 Å². The number of carbonyl (C=O) groups excluding carboxylic acids is 1. The fourth-order valence-corrected chi connectivity index (χ4v) is 5.22. The minimum Gasteiger partial charge on any atom is -0.355 e. The van der Waals surface area contributed by atoms with Gasteiger partial charge in [-0.25, -0.2) is 14.0 Å². The zero-order valence-corrected chi connectivity index (χ0v) is 18.8. The van der Waals surface area contributed by atoms with Gasteiger partial charge in [0.1, 0.15) is 11.5 Å². The highest BCUT2D eigenvalue weighted by Crippen LogP contribution is 2.32. The second-order valence-corrected chi connectivity index (χ2v) is 9.20. The fourth-order valence-electron chi connectivity index (χ4n) is 5.22. The number of hydrogen-bond acceptors (Lipinski definition) is 6. The first-order valence-corrected chi connectivity index (χ1v) is 11.7. The van der Waals surface area contributed by atoms with Crippen molar-refractivity contribution >= 4 is 22.9 Å². The van der Waals surface area contributed by atoms with Gasteiger partial charge in [0.15, 0.2) is 5.65 Å². The molecule has 33 heavy (non-hydrogen) atoms. The predicted octanol–water partition coefficient (Wildman–Crippen LogP) is 2.59. The van der Waals surface area contributed by atoms with Gasteiger partial charge < -0.3 is 15.5 Å². The Labute approximate surface area is 191 Å². The third kappa shape index (κ3) is 3.43. The first kappa shape index (κ1) is 20.2. The van der Waals surface area contributed by atoms with Crippen molar-refractivity contribution in [3.63, 3.8) is 0 Å². The Bertz CT molecular complexity index is 1340. The molecule has 0 aromatic carbocycles. The van der Waals surface area contributed by atoms with Gasteiger partial charge in [0.25, 0.3) is 5.91 Å². The van der Waals surface area contributed by atoms with E-state index in [9.17, 15) is 4.79 Å². The molecule has 0 radical (unpaired) electrons. The largest absolute Gasteiger partial charge is 0.355 e. The number of nitrogens with two attached hydrogens (primary N) is 1. The lowest BCUT2D eigenvalue weighted by Gasteiger charge is -2.34. The van der Waals surface area contributed by atoms with E-state index in [0.717, 1.165) is 67.0 Å².